The molecular formula is C72H48Ge2. The zero-order valence-corrected chi connectivity index (χ0v) is 48.2. The molecule has 0 unspecified atom stereocenters. The maximum atomic E-state index is 2.56. The van der Waals surface area contributed by atoms with Gasteiger partial charge in [-0.25, -0.2) is 0 Å². The molecule has 74 heavy (non-hydrogen) atoms. The van der Waals surface area contributed by atoms with Gasteiger partial charge in [0.15, 0.2) is 0 Å². The summed E-state index contributed by atoms with van der Waals surface area (Å²) >= 11 is -0.650. The van der Waals surface area contributed by atoms with Crippen LogP contribution in [0, 0.1) is 0 Å². The van der Waals surface area contributed by atoms with E-state index in [0.29, 0.717) is 16.5 Å². The van der Waals surface area contributed by atoms with E-state index in [1.165, 1.54) is 147 Å². The van der Waals surface area contributed by atoms with Crippen LogP contribution < -0.4 is 13.2 Å². The second-order valence-corrected chi connectivity index (χ2v) is 26.5. The van der Waals surface area contributed by atoms with Gasteiger partial charge in [-0.15, -0.1) is 0 Å². The quantitative estimate of drug-likeness (QED) is 0.115. The first-order valence-electron chi connectivity index (χ1n) is 25.9. The Morgan fingerprint density at radius 1 is 0.216 bits per heavy atom. The van der Waals surface area contributed by atoms with Gasteiger partial charge < -0.3 is 0 Å². The summed E-state index contributed by atoms with van der Waals surface area (Å²) in [7, 11) is 0. The van der Waals surface area contributed by atoms with Gasteiger partial charge in [0, 0.05) is 0 Å². The Morgan fingerprint density at radius 2 is 0.595 bits per heavy atom. The molecule has 0 N–H and O–H groups in total. The predicted octanol–water partition coefficient (Wildman–Crippen LogP) is 15.7. The summed E-state index contributed by atoms with van der Waals surface area (Å²) in [5, 5.41) is 15.0. The van der Waals surface area contributed by atoms with Gasteiger partial charge in [0.05, 0.1) is 0 Å². The Bertz CT molecular complexity index is 4520. The van der Waals surface area contributed by atoms with E-state index >= 15 is 0 Å². The molecular weight excluding hydrogens is 1010 g/mol. The summed E-state index contributed by atoms with van der Waals surface area (Å²) in [6.07, 6.45) is 0. The van der Waals surface area contributed by atoms with Gasteiger partial charge >= 0.3 is 342 Å². The van der Waals surface area contributed by atoms with Crippen LogP contribution in [0.2, 0.25) is 0 Å². The normalized spacial score (nSPS) is 12.4. The predicted molar refractivity (Wildman–Crippen MR) is 327 cm³/mol. The van der Waals surface area contributed by atoms with Crippen LogP contribution >= 0.6 is 0 Å². The molecule has 0 aliphatic carbocycles. The van der Waals surface area contributed by atoms with Crippen LogP contribution in [0.25, 0.3) is 143 Å². The van der Waals surface area contributed by atoms with Crippen molar-refractivity contribution >= 4 is 110 Å². The van der Waals surface area contributed by atoms with Crippen molar-refractivity contribution in [3.63, 3.8) is 0 Å². The van der Waals surface area contributed by atoms with Crippen molar-refractivity contribution in [2.75, 3.05) is 0 Å². The minimum absolute atomic E-state index is 0.513. The molecule has 0 bridgehead atoms. The van der Waals surface area contributed by atoms with Gasteiger partial charge in [-0.05, 0) is 33.7 Å². The third-order valence-electron chi connectivity index (χ3n) is 16.2. The van der Waals surface area contributed by atoms with Gasteiger partial charge in [0.2, 0.25) is 0 Å². The summed E-state index contributed by atoms with van der Waals surface area (Å²) < 4.78 is 4.62. The van der Waals surface area contributed by atoms with Crippen molar-refractivity contribution in [3.8, 4) is 77.9 Å². The second-order valence-electron chi connectivity index (χ2n) is 20.3. The topological polar surface area (TPSA) is 0 Å². The van der Waals surface area contributed by atoms with Gasteiger partial charge in [0.25, 0.3) is 0 Å². The van der Waals surface area contributed by atoms with Crippen LogP contribution in [-0.4, -0.2) is 31.9 Å². The standard InChI is InChI=1S/C72H48Ge2/c73-67-33-9-7-22-56(67)53-21-6-5-20-52(53)54-26-13-30-60-65(54)43-66-55(57-32-15-35-69-70(57)62-23-8-10-34-68(62)74-69)27-14-31-61(66)72(60)71-58-28-11-24-50(48-38-36-44-16-1-3-18-46(44)40-48)63(58)42-64-51(25-12-29-59(64)71)49-39-37-45-17-2-4-19-47(45)41-49/h1-43H,74H2,73H3. The van der Waals surface area contributed by atoms with Gasteiger partial charge in [-0.3, -0.25) is 0 Å². The van der Waals surface area contributed by atoms with Crippen LogP contribution in [0.1, 0.15) is 0 Å². The fraction of sp³-hybridized carbons (Fsp3) is 0. The van der Waals surface area contributed by atoms with Crippen molar-refractivity contribution in [3.05, 3.63) is 261 Å². The molecule has 1 aliphatic heterocycles. The van der Waals surface area contributed by atoms with E-state index in [-0.39, 0.29) is 0 Å². The molecule has 0 amide bonds. The Labute approximate surface area is 445 Å². The molecule has 0 aromatic heterocycles. The van der Waals surface area contributed by atoms with E-state index < -0.39 is 15.4 Å². The Hall–Kier alpha value is -8.27. The Balaban J connectivity index is 1.11. The van der Waals surface area contributed by atoms with E-state index in [1.54, 1.807) is 8.79 Å². The molecule has 0 nitrogen and oxygen atoms in total. The van der Waals surface area contributed by atoms with Crippen LogP contribution in [0.5, 0.6) is 0 Å². The molecule has 0 spiro atoms. The van der Waals surface area contributed by atoms with Crippen molar-refractivity contribution in [2.24, 2.45) is 0 Å². The molecule has 14 aromatic carbocycles. The van der Waals surface area contributed by atoms with E-state index in [2.05, 4.69) is 261 Å². The van der Waals surface area contributed by atoms with Crippen LogP contribution in [0.3, 0.4) is 0 Å². The molecule has 0 saturated carbocycles. The molecule has 344 valence electrons. The third kappa shape index (κ3) is 6.89. The maximum absolute atomic E-state index is 2.56. The summed E-state index contributed by atoms with van der Waals surface area (Å²) in [4.78, 5) is 0. The zero-order valence-electron chi connectivity index (χ0n) is 41.0. The van der Waals surface area contributed by atoms with E-state index in [0.717, 1.165) is 0 Å². The second kappa shape index (κ2) is 17.5. The fourth-order valence-electron chi connectivity index (χ4n) is 12.8. The molecule has 2 heteroatoms. The number of benzene rings is 14. The van der Waals surface area contributed by atoms with Crippen molar-refractivity contribution < 1.29 is 0 Å². The van der Waals surface area contributed by atoms with Crippen molar-refractivity contribution in [1.29, 1.82) is 0 Å². The summed E-state index contributed by atoms with van der Waals surface area (Å²) in [5.41, 5.74) is 18.1. The first-order valence-corrected chi connectivity index (χ1v) is 31.0. The van der Waals surface area contributed by atoms with E-state index in [1.807, 2.05) is 0 Å². The zero-order chi connectivity index (χ0) is 48.9. The third-order valence-corrected chi connectivity index (χ3v) is 22.2. The van der Waals surface area contributed by atoms with Crippen LogP contribution in [0.4, 0.5) is 0 Å². The molecule has 0 atom stereocenters. The fourth-order valence-corrected chi connectivity index (χ4v) is 18.2. The summed E-state index contributed by atoms with van der Waals surface area (Å²) in [6.45, 7) is 0. The molecule has 1 aliphatic rings. The number of hydrogen-bond donors (Lipinski definition) is 0. The number of rotatable bonds is 6. The number of fused-ring (bicyclic) bond motifs is 9. The van der Waals surface area contributed by atoms with E-state index in [9.17, 15) is 0 Å². The molecule has 14 aromatic rings. The average molecular weight is 1060 g/mol. The molecule has 0 fully saturated rings. The van der Waals surface area contributed by atoms with Gasteiger partial charge in [0.1, 0.15) is 0 Å². The van der Waals surface area contributed by atoms with Crippen LogP contribution in [0.15, 0.2) is 261 Å². The monoisotopic (exact) mass is 1060 g/mol. The molecule has 15 rings (SSSR count). The van der Waals surface area contributed by atoms with Gasteiger partial charge in [-0.2, -0.15) is 0 Å². The van der Waals surface area contributed by atoms with Crippen molar-refractivity contribution in [1.82, 2.24) is 0 Å². The first-order chi connectivity index (χ1) is 36.6. The van der Waals surface area contributed by atoms with E-state index in [4.69, 9.17) is 0 Å². The van der Waals surface area contributed by atoms with Crippen molar-refractivity contribution in [2.45, 2.75) is 0 Å². The Morgan fingerprint density at radius 3 is 1.15 bits per heavy atom. The molecule has 0 saturated heterocycles. The van der Waals surface area contributed by atoms with Crippen LogP contribution in [-0.2, 0) is 0 Å². The minimum atomic E-state index is -1.16. The molecule has 0 radical (unpaired) electrons. The first kappa shape index (κ1) is 43.3. The number of hydrogen-bond acceptors (Lipinski definition) is 0. The Kier molecular flexibility index (Phi) is 10.2. The average Bonchev–Trinajstić information content (AvgIpc) is 3.89. The summed E-state index contributed by atoms with van der Waals surface area (Å²) in [5.74, 6) is 0. The molecule has 1 heterocycles. The SMILES string of the molecule is [GeH3][c]1ccccc1-c1ccccc1-c1cccc2c(-c3c4cccc(-c5ccc6ccccc6c5)c4cc4c(-c5ccc6ccccc6c5)cccc34)c3cccc(-c4ccc[c]5c4-c4cccc[c]4[GeH2]5)c3cc12. The summed E-state index contributed by atoms with van der Waals surface area (Å²) in [6, 6.07) is 99.3. The van der Waals surface area contributed by atoms with Gasteiger partial charge in [-0.1, -0.05) is 72.8 Å².